The zero-order valence-electron chi connectivity index (χ0n) is 24.5. The van der Waals surface area contributed by atoms with E-state index in [1.165, 1.54) is 28.4 Å². The molecule has 14 heteroatoms. The lowest BCUT2D eigenvalue weighted by molar-refractivity contribution is -0.121. The number of hydrogen-bond donors (Lipinski definition) is 1. The first-order chi connectivity index (χ1) is 22.4. The van der Waals surface area contributed by atoms with Gasteiger partial charge in [-0.15, -0.1) is 0 Å². The summed E-state index contributed by atoms with van der Waals surface area (Å²) in [6.07, 6.45) is 3.96. The van der Waals surface area contributed by atoms with Crippen molar-refractivity contribution in [2.45, 2.75) is 49.7 Å². The Morgan fingerprint density at radius 3 is 2.52 bits per heavy atom. The highest BCUT2D eigenvalue weighted by atomic mass is 35.5. The summed E-state index contributed by atoms with van der Waals surface area (Å²) in [7, 11) is 0. The minimum absolute atomic E-state index is 0.0458. The molecule has 0 bridgehead atoms. The summed E-state index contributed by atoms with van der Waals surface area (Å²) in [6.45, 7) is 1.10. The Bertz CT molecular complexity index is 2100. The molecule has 2 aliphatic heterocycles. The van der Waals surface area contributed by atoms with Gasteiger partial charge in [-0.25, -0.2) is 9.97 Å². The van der Waals surface area contributed by atoms with Crippen molar-refractivity contribution in [3.63, 3.8) is 0 Å². The van der Waals surface area contributed by atoms with Crippen molar-refractivity contribution in [3.8, 4) is 23.0 Å². The molecule has 1 N–H and O–H groups in total. The van der Waals surface area contributed by atoms with E-state index in [0.717, 1.165) is 12.0 Å². The van der Waals surface area contributed by atoms with Gasteiger partial charge in [-0.3, -0.25) is 23.4 Å². The van der Waals surface area contributed by atoms with Crippen LogP contribution in [0.15, 0.2) is 69.5 Å². The number of carbonyl (C=O) groups is 1. The number of ether oxygens (including phenoxy) is 4. The highest BCUT2D eigenvalue weighted by Crippen LogP contribution is 2.35. The van der Waals surface area contributed by atoms with Crippen LogP contribution in [0, 0.1) is 0 Å². The van der Waals surface area contributed by atoms with Gasteiger partial charge < -0.3 is 24.3 Å². The van der Waals surface area contributed by atoms with Crippen LogP contribution in [0.1, 0.15) is 36.9 Å². The van der Waals surface area contributed by atoms with Gasteiger partial charge in [0.25, 0.3) is 11.1 Å². The van der Waals surface area contributed by atoms with Gasteiger partial charge in [0.05, 0.1) is 21.6 Å². The summed E-state index contributed by atoms with van der Waals surface area (Å²) in [5.74, 6) is 2.70. The predicted molar refractivity (Wildman–Crippen MR) is 171 cm³/mol. The molecule has 3 aromatic heterocycles. The summed E-state index contributed by atoms with van der Waals surface area (Å²) in [5.41, 5.74) is 2.00. The number of nitrogens with one attached hydrogen (secondary N) is 1. The third kappa shape index (κ3) is 6.33. The molecule has 5 heterocycles. The molecule has 0 fully saturated rings. The van der Waals surface area contributed by atoms with Crippen LogP contribution < -0.4 is 35.4 Å². The summed E-state index contributed by atoms with van der Waals surface area (Å²) in [6, 6.07) is 13.8. The molecule has 2 aromatic carbocycles. The number of nitrogens with zero attached hydrogens (tertiary/aromatic N) is 4. The number of benzene rings is 2. The monoisotopic (exact) mass is 661 g/mol. The van der Waals surface area contributed by atoms with E-state index in [1.807, 2.05) is 18.2 Å². The molecule has 7 rings (SSSR count). The van der Waals surface area contributed by atoms with Crippen molar-refractivity contribution in [3.05, 3.63) is 91.7 Å². The summed E-state index contributed by atoms with van der Waals surface area (Å²) < 4.78 is 24.8. The number of rotatable bonds is 11. The van der Waals surface area contributed by atoms with E-state index in [-0.39, 0.29) is 30.6 Å². The molecule has 236 valence electrons. The van der Waals surface area contributed by atoms with Gasteiger partial charge in [0.15, 0.2) is 28.2 Å². The zero-order valence-corrected chi connectivity index (χ0v) is 26.1. The molecule has 0 saturated carbocycles. The maximum atomic E-state index is 13.7. The smallest absolute Gasteiger partial charge is 0.262 e. The van der Waals surface area contributed by atoms with Gasteiger partial charge in [-0.1, -0.05) is 35.9 Å². The quantitative estimate of drug-likeness (QED) is 0.121. The van der Waals surface area contributed by atoms with Crippen LogP contribution in [0.4, 0.5) is 0 Å². The van der Waals surface area contributed by atoms with Crippen molar-refractivity contribution in [2.24, 2.45) is 0 Å². The first-order valence-corrected chi connectivity index (χ1v) is 16.1. The van der Waals surface area contributed by atoms with Gasteiger partial charge in [-0.05, 0) is 48.7 Å². The first kappa shape index (κ1) is 29.9. The molecule has 46 heavy (non-hydrogen) atoms. The maximum absolute atomic E-state index is 13.7. The lowest BCUT2D eigenvalue weighted by Crippen LogP contribution is -2.24. The molecule has 5 aromatic rings. The van der Waals surface area contributed by atoms with Crippen molar-refractivity contribution in [1.82, 2.24) is 24.3 Å². The number of aromatic nitrogens is 4. The largest absolute Gasteiger partial charge is 0.454 e. The Kier molecular flexibility index (Phi) is 8.41. The van der Waals surface area contributed by atoms with Crippen LogP contribution >= 0.6 is 23.4 Å². The number of thioether (sulfide) groups is 1. The lowest BCUT2D eigenvalue weighted by Gasteiger charge is -2.14. The third-order valence-corrected chi connectivity index (χ3v) is 8.88. The number of hydrogen-bond acceptors (Lipinski definition) is 10. The molecule has 0 radical (unpaired) electrons. The highest BCUT2D eigenvalue weighted by molar-refractivity contribution is 7.98. The van der Waals surface area contributed by atoms with E-state index >= 15 is 0 Å². The molecule has 0 atom stereocenters. The average molecular weight is 662 g/mol. The first-order valence-electron chi connectivity index (χ1n) is 14.7. The molecule has 0 saturated heterocycles. The SMILES string of the molecule is O=C(CCCCCn1c(SCc2cc(=O)n3cc(Cl)ccc3n2)nc2cc3c(cc2c1=O)OCO3)NCc1ccc2c(c1)OCO2. The van der Waals surface area contributed by atoms with Crippen molar-refractivity contribution in [1.29, 1.82) is 0 Å². The molecular weight excluding hydrogens is 634 g/mol. The van der Waals surface area contributed by atoms with Gasteiger partial charge in [0.2, 0.25) is 19.5 Å². The van der Waals surface area contributed by atoms with E-state index in [1.54, 1.807) is 28.8 Å². The summed E-state index contributed by atoms with van der Waals surface area (Å²) in [4.78, 5) is 48.3. The van der Waals surface area contributed by atoms with E-state index in [4.69, 9.17) is 35.5 Å². The number of amides is 1. The molecular formula is C32H28ClN5O7S. The van der Waals surface area contributed by atoms with E-state index in [0.29, 0.717) is 93.5 Å². The number of fused-ring (bicyclic) bond motifs is 4. The molecule has 0 spiro atoms. The van der Waals surface area contributed by atoms with Crippen LogP contribution in [0.3, 0.4) is 0 Å². The molecule has 1 amide bonds. The van der Waals surface area contributed by atoms with Crippen LogP contribution in [0.25, 0.3) is 16.6 Å². The van der Waals surface area contributed by atoms with Crippen molar-refractivity contribution < 1.29 is 23.7 Å². The fourth-order valence-electron chi connectivity index (χ4n) is 5.31. The Hall–Kier alpha value is -4.75. The second-order valence-electron chi connectivity index (χ2n) is 10.8. The Balaban J connectivity index is 1.02. The molecule has 12 nitrogen and oxygen atoms in total. The number of pyridine rings is 1. The second-order valence-corrected chi connectivity index (χ2v) is 12.2. The maximum Gasteiger partial charge on any atom is 0.262 e. The number of halogens is 1. The summed E-state index contributed by atoms with van der Waals surface area (Å²) in [5, 5.41) is 4.30. The average Bonchev–Trinajstić information content (AvgIpc) is 3.72. The van der Waals surface area contributed by atoms with Gasteiger partial charge in [0.1, 0.15) is 5.65 Å². The van der Waals surface area contributed by atoms with Crippen LogP contribution in [0.2, 0.25) is 5.02 Å². The Labute approximate surface area is 271 Å². The van der Waals surface area contributed by atoms with Crippen LogP contribution in [-0.4, -0.2) is 38.4 Å². The van der Waals surface area contributed by atoms with E-state index in [2.05, 4.69) is 10.3 Å². The minimum atomic E-state index is -0.250. The van der Waals surface area contributed by atoms with E-state index in [9.17, 15) is 14.4 Å². The number of carbonyl (C=O) groups excluding carboxylic acids is 1. The van der Waals surface area contributed by atoms with E-state index < -0.39 is 0 Å². The Morgan fingerprint density at radius 1 is 0.891 bits per heavy atom. The Morgan fingerprint density at radius 2 is 1.67 bits per heavy atom. The minimum Gasteiger partial charge on any atom is -0.454 e. The van der Waals surface area contributed by atoms with Gasteiger partial charge in [-0.2, -0.15) is 0 Å². The number of unbranched alkanes of at least 4 members (excludes halogenated alkanes) is 2. The molecule has 0 aliphatic carbocycles. The van der Waals surface area contributed by atoms with Crippen molar-refractivity contribution >= 4 is 45.8 Å². The highest BCUT2D eigenvalue weighted by Gasteiger charge is 2.20. The van der Waals surface area contributed by atoms with Gasteiger partial charge in [0, 0.05) is 43.6 Å². The lowest BCUT2D eigenvalue weighted by atomic mass is 10.1. The zero-order chi connectivity index (χ0) is 31.6. The van der Waals surface area contributed by atoms with Crippen molar-refractivity contribution in [2.75, 3.05) is 13.6 Å². The fraction of sp³-hybridized carbons (Fsp3) is 0.281. The topological polar surface area (TPSA) is 135 Å². The molecule has 2 aliphatic rings. The van der Waals surface area contributed by atoms with Gasteiger partial charge >= 0.3 is 0 Å². The molecule has 0 unspecified atom stereocenters. The normalized spacial score (nSPS) is 13.1. The predicted octanol–water partition coefficient (Wildman–Crippen LogP) is 4.68. The third-order valence-electron chi connectivity index (χ3n) is 7.65. The second kappa shape index (κ2) is 12.9. The summed E-state index contributed by atoms with van der Waals surface area (Å²) >= 11 is 7.37. The fourth-order valence-corrected chi connectivity index (χ4v) is 6.39. The van der Waals surface area contributed by atoms with Crippen LogP contribution in [0.5, 0.6) is 23.0 Å². The van der Waals surface area contributed by atoms with Crippen LogP contribution in [-0.2, 0) is 23.6 Å². The standard InChI is InChI=1S/C32H28ClN5O7S/c33-20-6-8-28-35-21(11-30(40)38(28)15-20)16-46-32-36-23-13-27-26(44-18-45-27)12-22(23)31(41)37(32)9-3-1-2-4-29(39)34-14-19-5-7-24-25(10-19)43-17-42-24/h5-8,10-13,15H,1-4,9,14,16-18H2,(H,34,39).